The van der Waals surface area contributed by atoms with Gasteiger partial charge in [0.1, 0.15) is 0 Å². The van der Waals surface area contributed by atoms with Crippen LogP contribution in [0.3, 0.4) is 0 Å². The highest BCUT2D eigenvalue weighted by Crippen LogP contribution is 2.19. The fraction of sp³-hybridized carbons (Fsp3) is 0.538. The van der Waals surface area contributed by atoms with Crippen molar-refractivity contribution in [2.75, 3.05) is 14.2 Å². The van der Waals surface area contributed by atoms with Crippen molar-refractivity contribution in [1.29, 1.82) is 0 Å². The van der Waals surface area contributed by atoms with E-state index in [9.17, 15) is 0 Å². The van der Waals surface area contributed by atoms with Crippen LogP contribution in [0.1, 0.15) is 31.0 Å². The lowest BCUT2D eigenvalue weighted by Gasteiger charge is -2.22. The molecule has 2 atom stereocenters. The van der Waals surface area contributed by atoms with Gasteiger partial charge in [-0.15, -0.1) is 0 Å². The highest BCUT2D eigenvalue weighted by Gasteiger charge is 2.16. The van der Waals surface area contributed by atoms with Crippen LogP contribution in [0.15, 0.2) is 24.3 Å². The van der Waals surface area contributed by atoms with Crippen molar-refractivity contribution in [3.8, 4) is 0 Å². The van der Waals surface area contributed by atoms with Gasteiger partial charge in [-0.3, -0.25) is 0 Å². The summed E-state index contributed by atoms with van der Waals surface area (Å²) in [4.78, 5) is 0. The molecule has 0 aromatic heterocycles. The standard InChI is InChI=1S/C13H21NO/c1-5-11-6-8-12(9-7-11)13(14-3)10(2)15-4/h6-10,13-14H,5H2,1-4H3. The van der Waals surface area contributed by atoms with Gasteiger partial charge in [0.05, 0.1) is 12.1 Å². The number of aryl methyl sites for hydroxylation is 1. The molecule has 1 aromatic carbocycles. The molecule has 1 N–H and O–H groups in total. The first kappa shape index (κ1) is 12.2. The molecule has 1 rings (SSSR count). The van der Waals surface area contributed by atoms with E-state index in [-0.39, 0.29) is 12.1 Å². The molecule has 0 radical (unpaired) electrons. The SMILES string of the molecule is CCc1ccc(C(NC)C(C)OC)cc1. The zero-order chi connectivity index (χ0) is 11.3. The van der Waals surface area contributed by atoms with Gasteiger partial charge in [0.25, 0.3) is 0 Å². The van der Waals surface area contributed by atoms with E-state index in [4.69, 9.17) is 4.74 Å². The lowest BCUT2D eigenvalue weighted by Crippen LogP contribution is -2.28. The van der Waals surface area contributed by atoms with Gasteiger partial charge in [-0.1, -0.05) is 31.2 Å². The zero-order valence-electron chi connectivity index (χ0n) is 10.1. The van der Waals surface area contributed by atoms with Crippen LogP contribution in [0.5, 0.6) is 0 Å². The summed E-state index contributed by atoms with van der Waals surface area (Å²) in [6.45, 7) is 4.25. The van der Waals surface area contributed by atoms with Crippen LogP contribution < -0.4 is 5.32 Å². The predicted octanol–water partition coefficient (Wildman–Crippen LogP) is 2.54. The Kier molecular flexibility index (Phi) is 4.79. The number of methoxy groups -OCH3 is 1. The summed E-state index contributed by atoms with van der Waals surface area (Å²) in [6, 6.07) is 8.98. The van der Waals surface area contributed by atoms with Crippen molar-refractivity contribution in [2.24, 2.45) is 0 Å². The second kappa shape index (κ2) is 5.89. The van der Waals surface area contributed by atoms with Gasteiger partial charge in [-0.05, 0) is 31.5 Å². The third kappa shape index (κ3) is 3.05. The Labute approximate surface area is 92.6 Å². The average Bonchev–Trinajstić information content (AvgIpc) is 2.30. The van der Waals surface area contributed by atoms with Crippen LogP contribution in [-0.2, 0) is 11.2 Å². The minimum atomic E-state index is 0.183. The molecule has 2 nitrogen and oxygen atoms in total. The predicted molar refractivity (Wildman–Crippen MR) is 64.1 cm³/mol. The van der Waals surface area contributed by atoms with Crippen molar-refractivity contribution in [3.05, 3.63) is 35.4 Å². The summed E-state index contributed by atoms with van der Waals surface area (Å²) < 4.78 is 5.35. The number of rotatable bonds is 5. The van der Waals surface area contributed by atoms with Crippen LogP contribution in [0.25, 0.3) is 0 Å². The minimum Gasteiger partial charge on any atom is -0.380 e. The molecule has 15 heavy (non-hydrogen) atoms. The maximum absolute atomic E-state index is 5.35. The topological polar surface area (TPSA) is 21.3 Å². The molecule has 0 fully saturated rings. The lowest BCUT2D eigenvalue weighted by atomic mass is 10.0. The number of ether oxygens (including phenoxy) is 1. The third-order valence-corrected chi connectivity index (χ3v) is 2.90. The van der Waals surface area contributed by atoms with Crippen LogP contribution in [0.4, 0.5) is 0 Å². The fourth-order valence-corrected chi connectivity index (χ4v) is 1.77. The van der Waals surface area contributed by atoms with Crippen LogP contribution in [0, 0.1) is 0 Å². The maximum atomic E-state index is 5.35. The van der Waals surface area contributed by atoms with E-state index >= 15 is 0 Å². The Morgan fingerprint density at radius 1 is 1.27 bits per heavy atom. The maximum Gasteiger partial charge on any atom is 0.0737 e. The van der Waals surface area contributed by atoms with E-state index in [2.05, 4.69) is 43.4 Å². The summed E-state index contributed by atoms with van der Waals surface area (Å²) in [6.07, 6.45) is 1.27. The molecular weight excluding hydrogens is 186 g/mol. The minimum absolute atomic E-state index is 0.183. The Morgan fingerprint density at radius 2 is 1.87 bits per heavy atom. The number of hydrogen-bond donors (Lipinski definition) is 1. The Balaban J connectivity index is 2.83. The van der Waals surface area contributed by atoms with Crippen molar-refractivity contribution in [2.45, 2.75) is 32.4 Å². The summed E-state index contributed by atoms with van der Waals surface area (Å²) in [7, 11) is 3.71. The highest BCUT2D eigenvalue weighted by atomic mass is 16.5. The molecule has 2 heteroatoms. The zero-order valence-corrected chi connectivity index (χ0v) is 10.1. The molecule has 84 valence electrons. The van der Waals surface area contributed by atoms with E-state index in [0.717, 1.165) is 6.42 Å². The van der Waals surface area contributed by atoms with Gasteiger partial charge in [0.2, 0.25) is 0 Å². The molecule has 2 unspecified atom stereocenters. The Bertz CT molecular complexity index is 281. The van der Waals surface area contributed by atoms with Crippen molar-refractivity contribution in [3.63, 3.8) is 0 Å². The number of benzene rings is 1. The van der Waals surface area contributed by atoms with E-state index in [1.807, 2.05) is 7.05 Å². The Hall–Kier alpha value is -0.860. The number of hydrogen-bond acceptors (Lipinski definition) is 2. The van der Waals surface area contributed by atoms with E-state index in [1.54, 1.807) is 7.11 Å². The fourth-order valence-electron chi connectivity index (χ4n) is 1.77. The molecule has 0 bridgehead atoms. The summed E-state index contributed by atoms with van der Waals surface area (Å²) in [5.74, 6) is 0. The van der Waals surface area contributed by atoms with Gasteiger partial charge in [0, 0.05) is 7.11 Å². The normalized spacial score (nSPS) is 14.9. The number of nitrogens with one attached hydrogen (secondary N) is 1. The van der Waals surface area contributed by atoms with Gasteiger partial charge < -0.3 is 10.1 Å². The van der Waals surface area contributed by atoms with Crippen molar-refractivity contribution < 1.29 is 4.74 Å². The van der Waals surface area contributed by atoms with Crippen molar-refractivity contribution >= 4 is 0 Å². The van der Waals surface area contributed by atoms with Gasteiger partial charge in [-0.2, -0.15) is 0 Å². The monoisotopic (exact) mass is 207 g/mol. The first-order valence-electron chi connectivity index (χ1n) is 5.51. The molecule has 0 heterocycles. The quantitative estimate of drug-likeness (QED) is 0.801. The van der Waals surface area contributed by atoms with E-state index in [1.165, 1.54) is 11.1 Å². The molecular formula is C13H21NO. The molecule has 0 saturated carbocycles. The molecule has 0 saturated heterocycles. The van der Waals surface area contributed by atoms with Gasteiger partial charge in [0.15, 0.2) is 0 Å². The second-order valence-corrected chi connectivity index (χ2v) is 3.80. The smallest absolute Gasteiger partial charge is 0.0737 e. The first-order chi connectivity index (χ1) is 7.22. The first-order valence-corrected chi connectivity index (χ1v) is 5.51. The average molecular weight is 207 g/mol. The van der Waals surface area contributed by atoms with E-state index in [0.29, 0.717) is 0 Å². The molecule has 1 aromatic rings. The summed E-state index contributed by atoms with van der Waals surface area (Å²) in [5.41, 5.74) is 2.66. The molecule has 0 spiro atoms. The Morgan fingerprint density at radius 3 is 2.27 bits per heavy atom. The largest absolute Gasteiger partial charge is 0.380 e. The third-order valence-electron chi connectivity index (χ3n) is 2.90. The van der Waals surface area contributed by atoms with Gasteiger partial charge in [-0.25, -0.2) is 0 Å². The summed E-state index contributed by atoms with van der Waals surface area (Å²) in [5, 5.41) is 3.28. The highest BCUT2D eigenvalue weighted by molar-refractivity contribution is 5.25. The lowest BCUT2D eigenvalue weighted by molar-refractivity contribution is 0.0857. The van der Waals surface area contributed by atoms with Crippen molar-refractivity contribution in [1.82, 2.24) is 5.32 Å². The van der Waals surface area contributed by atoms with Crippen LogP contribution in [0.2, 0.25) is 0 Å². The van der Waals surface area contributed by atoms with Gasteiger partial charge >= 0.3 is 0 Å². The van der Waals surface area contributed by atoms with Crippen LogP contribution in [-0.4, -0.2) is 20.3 Å². The molecule has 0 aliphatic carbocycles. The molecule has 0 aliphatic heterocycles. The summed E-state index contributed by atoms with van der Waals surface area (Å²) >= 11 is 0. The number of likely N-dealkylation sites (N-methyl/N-ethyl adjacent to an activating group) is 1. The molecule has 0 aliphatic rings. The molecule has 0 amide bonds. The van der Waals surface area contributed by atoms with E-state index < -0.39 is 0 Å². The van der Waals surface area contributed by atoms with Crippen LogP contribution >= 0.6 is 0 Å². The second-order valence-electron chi connectivity index (χ2n) is 3.80.